The van der Waals surface area contributed by atoms with Gasteiger partial charge in [0.2, 0.25) is 0 Å². The summed E-state index contributed by atoms with van der Waals surface area (Å²) in [6, 6.07) is 0. The van der Waals surface area contributed by atoms with E-state index in [1.165, 1.54) is 12.8 Å². The van der Waals surface area contributed by atoms with Gasteiger partial charge in [-0.3, -0.25) is 5.10 Å². The van der Waals surface area contributed by atoms with Crippen LogP contribution in [0.3, 0.4) is 0 Å². The first kappa shape index (κ1) is 16.5. The van der Waals surface area contributed by atoms with E-state index < -0.39 is 10.0 Å². The average molecular weight is 314 g/mol. The Kier molecular flexibility index (Phi) is 5.78. The van der Waals surface area contributed by atoms with Crippen LogP contribution in [-0.4, -0.2) is 31.7 Å². The number of nitrogens with zero attached hydrogens (tertiary/aromatic N) is 1. The molecule has 1 aromatic heterocycles. The minimum absolute atomic E-state index is 0.187. The fourth-order valence-electron chi connectivity index (χ4n) is 2.96. The van der Waals surface area contributed by atoms with Crippen LogP contribution in [0.25, 0.3) is 0 Å². The van der Waals surface area contributed by atoms with Crippen LogP contribution >= 0.6 is 0 Å². The minimum Gasteiger partial charge on any atom is -0.313 e. The van der Waals surface area contributed by atoms with Crippen molar-refractivity contribution in [3.8, 4) is 0 Å². The van der Waals surface area contributed by atoms with Gasteiger partial charge in [0.25, 0.3) is 10.0 Å². The van der Waals surface area contributed by atoms with Crippen molar-refractivity contribution in [3.05, 3.63) is 11.8 Å². The van der Waals surface area contributed by atoms with E-state index in [1.54, 1.807) is 6.20 Å². The zero-order valence-electron chi connectivity index (χ0n) is 12.9. The van der Waals surface area contributed by atoms with Crippen molar-refractivity contribution in [1.82, 2.24) is 20.2 Å². The number of H-pyrrole nitrogens is 1. The van der Waals surface area contributed by atoms with E-state index in [0.29, 0.717) is 30.5 Å². The van der Waals surface area contributed by atoms with Crippen LogP contribution < -0.4 is 10.0 Å². The van der Waals surface area contributed by atoms with Gasteiger partial charge < -0.3 is 5.32 Å². The molecule has 7 heteroatoms. The van der Waals surface area contributed by atoms with Crippen molar-refractivity contribution < 1.29 is 8.42 Å². The summed E-state index contributed by atoms with van der Waals surface area (Å²) in [4.78, 5) is 0. The molecular formula is C14H26N4O2S. The zero-order chi connectivity index (χ0) is 15.3. The SMILES string of the molecule is CCNCc1cn[nH]c1S(=O)(=O)NCC1CCCC(C)C1. The second-order valence-electron chi connectivity index (χ2n) is 5.99. The Morgan fingerprint density at radius 2 is 2.24 bits per heavy atom. The minimum atomic E-state index is -3.50. The van der Waals surface area contributed by atoms with Crippen molar-refractivity contribution >= 4 is 10.0 Å². The molecule has 0 radical (unpaired) electrons. The van der Waals surface area contributed by atoms with Gasteiger partial charge in [-0.05, 0) is 31.2 Å². The van der Waals surface area contributed by atoms with E-state index >= 15 is 0 Å². The van der Waals surface area contributed by atoms with Gasteiger partial charge in [0.05, 0.1) is 6.20 Å². The van der Waals surface area contributed by atoms with Gasteiger partial charge in [0.15, 0.2) is 5.03 Å². The van der Waals surface area contributed by atoms with E-state index in [0.717, 1.165) is 19.4 Å². The molecule has 1 aromatic rings. The summed E-state index contributed by atoms with van der Waals surface area (Å²) in [5, 5.41) is 9.78. The molecule has 21 heavy (non-hydrogen) atoms. The lowest BCUT2D eigenvalue weighted by atomic mass is 9.83. The lowest BCUT2D eigenvalue weighted by Crippen LogP contribution is -2.32. The van der Waals surface area contributed by atoms with Crippen LogP contribution in [0.4, 0.5) is 0 Å². The summed E-state index contributed by atoms with van der Waals surface area (Å²) >= 11 is 0. The number of hydrogen-bond acceptors (Lipinski definition) is 4. The molecule has 2 unspecified atom stereocenters. The third kappa shape index (κ3) is 4.52. The first-order chi connectivity index (χ1) is 10.0. The maximum atomic E-state index is 12.4. The van der Waals surface area contributed by atoms with Crippen molar-refractivity contribution in [2.24, 2.45) is 11.8 Å². The molecule has 2 rings (SSSR count). The topological polar surface area (TPSA) is 86.9 Å². The van der Waals surface area contributed by atoms with E-state index in [1.807, 2.05) is 6.92 Å². The Labute approximate surface area is 127 Å². The standard InChI is InChI=1S/C14H26N4O2S/c1-3-15-9-13-10-16-18-14(13)21(19,20)17-8-12-6-4-5-11(2)7-12/h10-12,15,17H,3-9H2,1-2H3,(H,16,18). The molecule has 1 aliphatic carbocycles. The summed E-state index contributed by atoms with van der Waals surface area (Å²) < 4.78 is 27.5. The number of hydrogen-bond donors (Lipinski definition) is 3. The van der Waals surface area contributed by atoms with Crippen LogP contribution in [0.5, 0.6) is 0 Å². The van der Waals surface area contributed by atoms with Crippen molar-refractivity contribution in [2.75, 3.05) is 13.1 Å². The predicted octanol–water partition coefficient (Wildman–Crippen LogP) is 1.62. The normalized spacial score (nSPS) is 23.3. The number of aromatic nitrogens is 2. The molecule has 0 aliphatic heterocycles. The highest BCUT2D eigenvalue weighted by molar-refractivity contribution is 7.89. The fraction of sp³-hybridized carbons (Fsp3) is 0.786. The van der Waals surface area contributed by atoms with Crippen molar-refractivity contribution in [3.63, 3.8) is 0 Å². The summed E-state index contributed by atoms with van der Waals surface area (Å²) in [7, 11) is -3.50. The molecule has 1 heterocycles. The molecule has 0 amide bonds. The van der Waals surface area contributed by atoms with Gasteiger partial charge in [-0.2, -0.15) is 5.10 Å². The van der Waals surface area contributed by atoms with Crippen LogP contribution in [0.15, 0.2) is 11.2 Å². The van der Waals surface area contributed by atoms with E-state index in [-0.39, 0.29) is 5.03 Å². The maximum absolute atomic E-state index is 12.4. The highest BCUT2D eigenvalue weighted by Crippen LogP contribution is 2.28. The molecule has 6 nitrogen and oxygen atoms in total. The van der Waals surface area contributed by atoms with Crippen molar-refractivity contribution in [2.45, 2.75) is 51.1 Å². The second kappa shape index (κ2) is 7.38. The number of aromatic amines is 1. The van der Waals surface area contributed by atoms with E-state index in [9.17, 15) is 8.42 Å². The Morgan fingerprint density at radius 3 is 2.95 bits per heavy atom. The molecule has 0 saturated heterocycles. The molecule has 120 valence electrons. The summed E-state index contributed by atoms with van der Waals surface area (Å²) in [6.07, 6.45) is 6.25. The molecule has 3 N–H and O–H groups in total. The molecule has 1 aliphatic rings. The summed E-state index contributed by atoms with van der Waals surface area (Å²) in [6.45, 7) is 6.04. The molecular weight excluding hydrogens is 288 g/mol. The molecule has 0 aromatic carbocycles. The average Bonchev–Trinajstić information content (AvgIpc) is 2.92. The monoisotopic (exact) mass is 314 g/mol. The quantitative estimate of drug-likeness (QED) is 0.714. The third-order valence-electron chi connectivity index (χ3n) is 4.12. The van der Waals surface area contributed by atoms with Gasteiger partial charge in [0, 0.05) is 18.7 Å². The van der Waals surface area contributed by atoms with Gasteiger partial charge in [-0.1, -0.05) is 26.7 Å². The Morgan fingerprint density at radius 1 is 1.43 bits per heavy atom. The van der Waals surface area contributed by atoms with Gasteiger partial charge in [-0.25, -0.2) is 13.1 Å². The Bertz CT molecular complexity index is 541. The fourth-order valence-corrected chi connectivity index (χ4v) is 4.20. The molecule has 0 spiro atoms. The smallest absolute Gasteiger partial charge is 0.257 e. The molecule has 1 saturated carbocycles. The molecule has 2 atom stereocenters. The highest BCUT2D eigenvalue weighted by atomic mass is 32.2. The van der Waals surface area contributed by atoms with Crippen molar-refractivity contribution in [1.29, 1.82) is 0 Å². The third-order valence-corrected chi connectivity index (χ3v) is 5.56. The highest BCUT2D eigenvalue weighted by Gasteiger charge is 2.24. The van der Waals surface area contributed by atoms with Gasteiger partial charge >= 0.3 is 0 Å². The Hall–Kier alpha value is -0.920. The number of nitrogens with one attached hydrogen (secondary N) is 3. The van der Waals surface area contributed by atoms with Crippen LogP contribution in [-0.2, 0) is 16.6 Å². The summed E-state index contributed by atoms with van der Waals surface area (Å²) in [5.41, 5.74) is 0.682. The van der Waals surface area contributed by atoms with Crippen LogP contribution in [0, 0.1) is 11.8 Å². The Balaban J connectivity index is 1.96. The van der Waals surface area contributed by atoms with Gasteiger partial charge in [-0.15, -0.1) is 0 Å². The number of sulfonamides is 1. The lowest BCUT2D eigenvalue weighted by molar-refractivity contribution is 0.283. The molecule has 0 bridgehead atoms. The van der Waals surface area contributed by atoms with Crippen LogP contribution in [0.1, 0.15) is 45.1 Å². The molecule has 1 fully saturated rings. The number of rotatable bonds is 7. The summed E-state index contributed by atoms with van der Waals surface area (Å²) in [5.74, 6) is 1.15. The second-order valence-corrected chi connectivity index (χ2v) is 7.70. The van der Waals surface area contributed by atoms with E-state index in [2.05, 4.69) is 27.2 Å². The first-order valence-corrected chi connectivity index (χ1v) is 9.24. The largest absolute Gasteiger partial charge is 0.313 e. The van der Waals surface area contributed by atoms with Crippen LogP contribution in [0.2, 0.25) is 0 Å². The predicted molar refractivity (Wildman–Crippen MR) is 82.3 cm³/mol. The van der Waals surface area contributed by atoms with E-state index in [4.69, 9.17) is 0 Å². The zero-order valence-corrected chi connectivity index (χ0v) is 13.7. The maximum Gasteiger partial charge on any atom is 0.257 e. The van der Waals surface area contributed by atoms with Gasteiger partial charge in [0.1, 0.15) is 0 Å². The first-order valence-electron chi connectivity index (χ1n) is 7.75. The lowest BCUT2D eigenvalue weighted by Gasteiger charge is -2.26.